The van der Waals surface area contributed by atoms with E-state index in [9.17, 15) is 4.79 Å². The Kier molecular flexibility index (Phi) is 1.58. The molecule has 1 rings (SSSR count). The van der Waals surface area contributed by atoms with Crippen molar-refractivity contribution in [3.63, 3.8) is 0 Å². The largest absolute Gasteiger partial charge is 0.351 e. The lowest BCUT2D eigenvalue weighted by atomic mass is 10.5. The van der Waals surface area contributed by atoms with Crippen LogP contribution in [-0.4, -0.2) is 18.2 Å². The van der Waals surface area contributed by atoms with Crippen molar-refractivity contribution in [1.82, 2.24) is 5.32 Å². The Hall–Kier alpha value is -0.440. The van der Waals surface area contributed by atoms with Gasteiger partial charge in [-0.3, -0.25) is 4.79 Å². The van der Waals surface area contributed by atoms with E-state index in [1.807, 2.05) is 0 Å². The molecule has 1 N–H and O–H groups in total. The molecule has 2 nitrogen and oxygen atoms in total. The summed E-state index contributed by atoms with van der Waals surface area (Å²) in [7, 11) is 0. The van der Waals surface area contributed by atoms with E-state index in [4.69, 9.17) is 0 Å². The first-order chi connectivity index (χ1) is 3.79. The number of rotatable bonds is 0. The first-order valence-corrected chi connectivity index (χ1v) is 3.35. The van der Waals surface area contributed by atoms with Gasteiger partial charge >= 0.3 is 0 Å². The van der Waals surface area contributed by atoms with Crippen LogP contribution in [0.3, 0.4) is 0 Å². The Labute approximate surface area is 52.3 Å². The van der Waals surface area contributed by atoms with Gasteiger partial charge in [-0.25, -0.2) is 0 Å². The van der Waals surface area contributed by atoms with Crippen molar-refractivity contribution in [2.75, 3.05) is 12.3 Å². The molecular formula is C5H7NOS. The van der Waals surface area contributed by atoms with Crippen molar-refractivity contribution in [3.05, 3.63) is 11.5 Å². The van der Waals surface area contributed by atoms with Gasteiger partial charge in [0.15, 0.2) is 0 Å². The van der Waals surface area contributed by atoms with Gasteiger partial charge in [-0.1, -0.05) is 6.58 Å². The fraction of sp³-hybridized carbons (Fsp3) is 0.400. The second-order valence-electron chi connectivity index (χ2n) is 1.60. The van der Waals surface area contributed by atoms with E-state index >= 15 is 0 Å². The lowest BCUT2D eigenvalue weighted by molar-refractivity contribution is -0.118. The van der Waals surface area contributed by atoms with E-state index < -0.39 is 0 Å². The van der Waals surface area contributed by atoms with E-state index in [2.05, 4.69) is 11.9 Å². The number of amides is 1. The Morgan fingerprint density at radius 1 is 1.75 bits per heavy atom. The maximum absolute atomic E-state index is 10.4. The van der Waals surface area contributed by atoms with Crippen LogP contribution in [0.2, 0.25) is 0 Å². The molecule has 1 fully saturated rings. The quantitative estimate of drug-likeness (QED) is 0.511. The molecule has 1 aliphatic heterocycles. The summed E-state index contributed by atoms with van der Waals surface area (Å²) in [5, 5.41) is 2.67. The molecule has 44 valence electrons. The summed E-state index contributed by atoms with van der Waals surface area (Å²) in [6.45, 7) is 4.34. The normalized spacial score (nSPS) is 20.5. The summed E-state index contributed by atoms with van der Waals surface area (Å²) < 4.78 is 0. The molecule has 0 aromatic carbocycles. The highest BCUT2D eigenvalue weighted by Gasteiger charge is 2.08. The number of hydrogen-bond acceptors (Lipinski definition) is 2. The molecule has 3 heteroatoms. The average molecular weight is 129 g/mol. The van der Waals surface area contributed by atoms with Crippen LogP contribution in [0.1, 0.15) is 0 Å². The molecule has 0 saturated carbocycles. The molecule has 0 spiro atoms. The topological polar surface area (TPSA) is 29.1 Å². The Balaban J connectivity index is 2.40. The number of hydrogen-bond donors (Lipinski definition) is 1. The second-order valence-corrected chi connectivity index (χ2v) is 2.76. The minimum atomic E-state index is 0.113. The Bertz CT molecular complexity index is 104. The molecule has 0 aromatic rings. The van der Waals surface area contributed by atoms with Gasteiger partial charge in [0.2, 0.25) is 5.91 Å². The van der Waals surface area contributed by atoms with Gasteiger partial charge in [-0.05, 0) is 4.91 Å². The lowest BCUT2D eigenvalue weighted by Gasteiger charge is -2.11. The molecule has 0 unspecified atom stereocenters. The van der Waals surface area contributed by atoms with Crippen molar-refractivity contribution in [1.29, 1.82) is 0 Å². The van der Waals surface area contributed by atoms with Gasteiger partial charge < -0.3 is 5.32 Å². The number of thioether (sulfide) groups is 1. The average Bonchev–Trinajstić information content (AvgIpc) is 1.77. The van der Waals surface area contributed by atoms with Gasteiger partial charge in [-0.15, -0.1) is 11.8 Å². The highest BCUT2D eigenvalue weighted by molar-refractivity contribution is 8.03. The summed E-state index contributed by atoms with van der Waals surface area (Å²) >= 11 is 1.52. The second kappa shape index (κ2) is 2.22. The third-order valence-electron chi connectivity index (χ3n) is 0.890. The third kappa shape index (κ3) is 1.26. The predicted molar refractivity (Wildman–Crippen MR) is 34.6 cm³/mol. The fourth-order valence-corrected chi connectivity index (χ4v) is 1.08. The molecule has 0 bridgehead atoms. The van der Waals surface area contributed by atoms with Crippen LogP contribution in [0.4, 0.5) is 0 Å². The molecule has 0 aliphatic carbocycles. The minimum absolute atomic E-state index is 0.113. The highest BCUT2D eigenvalue weighted by atomic mass is 32.2. The van der Waals surface area contributed by atoms with Crippen molar-refractivity contribution in [2.45, 2.75) is 0 Å². The Morgan fingerprint density at radius 3 is 2.88 bits per heavy atom. The van der Waals surface area contributed by atoms with Gasteiger partial charge in [-0.2, -0.15) is 0 Å². The number of nitrogens with one attached hydrogen (secondary N) is 1. The summed E-state index contributed by atoms with van der Waals surface area (Å²) in [4.78, 5) is 11.5. The molecule has 1 saturated heterocycles. The van der Waals surface area contributed by atoms with Crippen molar-refractivity contribution in [2.24, 2.45) is 0 Å². The molecule has 1 heterocycles. The van der Waals surface area contributed by atoms with E-state index in [0.717, 1.165) is 4.91 Å². The summed E-state index contributed by atoms with van der Waals surface area (Å²) in [5.74, 6) is 0.654. The highest BCUT2D eigenvalue weighted by Crippen LogP contribution is 2.14. The van der Waals surface area contributed by atoms with Gasteiger partial charge in [0.1, 0.15) is 0 Å². The van der Waals surface area contributed by atoms with Crippen LogP contribution in [0.25, 0.3) is 0 Å². The van der Waals surface area contributed by atoms with Crippen molar-refractivity contribution >= 4 is 17.7 Å². The maximum atomic E-state index is 10.4. The first-order valence-electron chi connectivity index (χ1n) is 2.36. The molecular weight excluding hydrogens is 122 g/mol. The summed E-state index contributed by atoms with van der Waals surface area (Å²) in [6.07, 6.45) is 0. The molecule has 8 heavy (non-hydrogen) atoms. The monoisotopic (exact) mass is 129 g/mol. The minimum Gasteiger partial charge on any atom is -0.351 e. The van der Waals surface area contributed by atoms with E-state index in [-0.39, 0.29) is 5.91 Å². The lowest BCUT2D eigenvalue weighted by Crippen LogP contribution is -2.30. The van der Waals surface area contributed by atoms with Gasteiger partial charge in [0, 0.05) is 6.54 Å². The number of carbonyl (C=O) groups is 1. The van der Waals surface area contributed by atoms with E-state index in [1.165, 1.54) is 11.8 Å². The standard InChI is InChI=1S/C5H7NOS/c1-4-2-6-5(7)3-8-4/h1-3H2,(H,6,7). The molecule has 1 aliphatic rings. The van der Waals surface area contributed by atoms with Gasteiger partial charge in [0.05, 0.1) is 5.75 Å². The van der Waals surface area contributed by atoms with Crippen LogP contribution in [-0.2, 0) is 4.79 Å². The summed E-state index contributed by atoms with van der Waals surface area (Å²) in [6, 6.07) is 0. The van der Waals surface area contributed by atoms with Crippen LogP contribution >= 0.6 is 11.8 Å². The first kappa shape index (κ1) is 5.69. The molecule has 0 radical (unpaired) electrons. The zero-order valence-corrected chi connectivity index (χ0v) is 5.25. The maximum Gasteiger partial charge on any atom is 0.230 e. The molecule has 1 amide bonds. The van der Waals surface area contributed by atoms with Crippen LogP contribution in [0.5, 0.6) is 0 Å². The Morgan fingerprint density at radius 2 is 2.50 bits per heavy atom. The SMILES string of the molecule is C=C1CNC(=O)CS1. The smallest absolute Gasteiger partial charge is 0.230 e. The zero-order valence-electron chi connectivity index (χ0n) is 4.44. The third-order valence-corrected chi connectivity index (χ3v) is 1.85. The van der Waals surface area contributed by atoms with Crippen LogP contribution < -0.4 is 5.32 Å². The predicted octanol–water partition coefficient (Wildman–Crippen LogP) is 0.363. The van der Waals surface area contributed by atoms with Gasteiger partial charge in [0.25, 0.3) is 0 Å². The van der Waals surface area contributed by atoms with E-state index in [0.29, 0.717) is 12.3 Å². The van der Waals surface area contributed by atoms with Crippen LogP contribution in [0, 0.1) is 0 Å². The fourth-order valence-electron chi connectivity index (χ4n) is 0.467. The van der Waals surface area contributed by atoms with E-state index in [1.54, 1.807) is 0 Å². The van der Waals surface area contributed by atoms with Crippen LogP contribution in [0.15, 0.2) is 11.5 Å². The molecule has 0 atom stereocenters. The zero-order chi connectivity index (χ0) is 5.98. The number of carbonyl (C=O) groups excluding carboxylic acids is 1. The molecule has 0 aromatic heterocycles. The summed E-state index contributed by atoms with van der Waals surface area (Å²) in [5.41, 5.74) is 0. The van der Waals surface area contributed by atoms with Crippen molar-refractivity contribution in [3.8, 4) is 0 Å². The van der Waals surface area contributed by atoms with Crippen molar-refractivity contribution < 1.29 is 4.79 Å².